The van der Waals surface area contributed by atoms with Gasteiger partial charge in [0.1, 0.15) is 5.75 Å². The molecule has 0 aliphatic heterocycles. The molecule has 2 aromatic rings. The summed E-state index contributed by atoms with van der Waals surface area (Å²) in [5.41, 5.74) is 3.10. The average molecular weight is 271 g/mol. The van der Waals surface area contributed by atoms with Crippen LogP contribution in [0.25, 0.3) is 0 Å². The molecule has 3 heteroatoms. The first-order valence-corrected chi connectivity index (χ1v) is 6.88. The summed E-state index contributed by atoms with van der Waals surface area (Å²) < 4.78 is 5.14. The highest BCUT2D eigenvalue weighted by molar-refractivity contribution is 5.52. The van der Waals surface area contributed by atoms with Crippen LogP contribution in [0.4, 0.5) is 5.69 Å². The molecule has 2 N–H and O–H groups in total. The minimum Gasteiger partial charge on any atom is -0.497 e. The largest absolute Gasteiger partial charge is 0.497 e. The Morgan fingerprint density at radius 2 is 1.80 bits per heavy atom. The number of nitrogens with one attached hydrogen (secondary N) is 1. The third kappa shape index (κ3) is 3.52. The van der Waals surface area contributed by atoms with Crippen LogP contribution in [0.2, 0.25) is 0 Å². The van der Waals surface area contributed by atoms with Crippen molar-refractivity contribution in [2.45, 2.75) is 26.0 Å². The fourth-order valence-corrected chi connectivity index (χ4v) is 2.11. The summed E-state index contributed by atoms with van der Waals surface area (Å²) in [6.07, 6.45) is 0.288. The molecule has 20 heavy (non-hydrogen) atoms. The smallest absolute Gasteiger partial charge is 0.118 e. The Labute approximate surface area is 120 Å². The lowest BCUT2D eigenvalue weighted by Gasteiger charge is -2.15. The van der Waals surface area contributed by atoms with Gasteiger partial charge in [0.2, 0.25) is 0 Å². The van der Waals surface area contributed by atoms with E-state index in [1.807, 2.05) is 55.5 Å². The van der Waals surface area contributed by atoms with Crippen molar-refractivity contribution >= 4 is 5.69 Å². The summed E-state index contributed by atoms with van der Waals surface area (Å²) in [4.78, 5) is 0. The molecule has 0 heterocycles. The Hall–Kier alpha value is -2.00. The molecule has 1 atom stereocenters. The van der Waals surface area contributed by atoms with Gasteiger partial charge in [-0.05, 0) is 30.2 Å². The van der Waals surface area contributed by atoms with Crippen LogP contribution in [0.15, 0.2) is 48.5 Å². The highest BCUT2D eigenvalue weighted by Crippen LogP contribution is 2.25. The Morgan fingerprint density at radius 3 is 2.45 bits per heavy atom. The molecule has 0 saturated carbocycles. The molecule has 0 aliphatic rings. The van der Waals surface area contributed by atoms with Crippen LogP contribution >= 0.6 is 0 Å². The number of aliphatic hydroxyl groups is 1. The van der Waals surface area contributed by atoms with Gasteiger partial charge in [0.25, 0.3) is 0 Å². The number of rotatable bonds is 6. The van der Waals surface area contributed by atoms with Gasteiger partial charge in [-0.1, -0.05) is 37.3 Å². The second-order valence-electron chi connectivity index (χ2n) is 4.71. The molecule has 0 spiro atoms. The van der Waals surface area contributed by atoms with Gasteiger partial charge in [-0.2, -0.15) is 0 Å². The maximum atomic E-state index is 10.0. The zero-order chi connectivity index (χ0) is 14.4. The lowest BCUT2D eigenvalue weighted by atomic mass is 10.0. The normalized spacial score (nSPS) is 11.9. The van der Waals surface area contributed by atoms with E-state index in [-0.39, 0.29) is 0 Å². The first kappa shape index (κ1) is 14.4. The van der Waals surface area contributed by atoms with Gasteiger partial charge in [0, 0.05) is 17.8 Å². The molecule has 0 fully saturated rings. The van der Waals surface area contributed by atoms with E-state index in [0.29, 0.717) is 6.42 Å². The van der Waals surface area contributed by atoms with E-state index < -0.39 is 6.10 Å². The van der Waals surface area contributed by atoms with Gasteiger partial charge in [-0.3, -0.25) is 0 Å². The third-order valence-electron chi connectivity index (χ3n) is 3.35. The van der Waals surface area contributed by atoms with E-state index >= 15 is 0 Å². The van der Waals surface area contributed by atoms with E-state index in [2.05, 4.69) is 5.32 Å². The minimum atomic E-state index is -0.422. The number of methoxy groups -OCH3 is 1. The molecule has 106 valence electrons. The van der Waals surface area contributed by atoms with Crippen molar-refractivity contribution in [3.8, 4) is 5.75 Å². The molecule has 0 amide bonds. The molecule has 2 aromatic carbocycles. The molecule has 0 saturated heterocycles. The fraction of sp³-hybridized carbons (Fsp3) is 0.294. The van der Waals surface area contributed by atoms with Crippen molar-refractivity contribution in [1.82, 2.24) is 0 Å². The quantitative estimate of drug-likeness (QED) is 0.840. The highest BCUT2D eigenvalue weighted by Gasteiger charge is 2.09. The fourth-order valence-electron chi connectivity index (χ4n) is 2.11. The Balaban J connectivity index is 2.06. The number of hydrogen-bond donors (Lipinski definition) is 2. The van der Waals surface area contributed by atoms with Gasteiger partial charge >= 0.3 is 0 Å². The predicted molar refractivity (Wildman–Crippen MR) is 82.0 cm³/mol. The van der Waals surface area contributed by atoms with Crippen LogP contribution in [-0.4, -0.2) is 12.2 Å². The van der Waals surface area contributed by atoms with Crippen LogP contribution < -0.4 is 10.1 Å². The number of benzene rings is 2. The second-order valence-corrected chi connectivity index (χ2v) is 4.71. The molecule has 3 nitrogen and oxygen atoms in total. The number of aliphatic hydroxyl groups excluding tert-OH is 1. The second kappa shape index (κ2) is 6.96. The molecular formula is C17H21NO2. The Morgan fingerprint density at radius 1 is 1.10 bits per heavy atom. The Kier molecular flexibility index (Phi) is 5.02. The van der Waals surface area contributed by atoms with Crippen molar-refractivity contribution < 1.29 is 9.84 Å². The molecule has 2 rings (SSSR count). The lowest BCUT2D eigenvalue weighted by Crippen LogP contribution is -2.05. The molecular weight excluding hydrogens is 250 g/mol. The first-order chi connectivity index (χ1) is 9.74. The minimum absolute atomic E-state index is 0.422. The number of anilines is 1. The van der Waals surface area contributed by atoms with E-state index in [1.165, 1.54) is 5.56 Å². The van der Waals surface area contributed by atoms with Gasteiger partial charge < -0.3 is 15.2 Å². The zero-order valence-corrected chi connectivity index (χ0v) is 12.0. The summed E-state index contributed by atoms with van der Waals surface area (Å²) in [5, 5.41) is 13.4. The summed E-state index contributed by atoms with van der Waals surface area (Å²) in [5.74, 6) is 0.857. The predicted octanol–water partition coefficient (Wildman–Crippen LogP) is 3.75. The van der Waals surface area contributed by atoms with Crippen LogP contribution in [0.5, 0.6) is 5.75 Å². The maximum absolute atomic E-state index is 10.0. The molecule has 0 radical (unpaired) electrons. The SMILES string of the molecule is CCC(O)c1ccccc1NCc1ccc(OC)cc1. The van der Waals surface area contributed by atoms with Gasteiger partial charge in [-0.25, -0.2) is 0 Å². The summed E-state index contributed by atoms with van der Waals surface area (Å²) in [7, 11) is 1.66. The van der Waals surface area contributed by atoms with Crippen LogP contribution in [-0.2, 0) is 6.54 Å². The standard InChI is InChI=1S/C17H21NO2/c1-3-17(19)15-6-4-5-7-16(15)18-12-13-8-10-14(20-2)11-9-13/h4-11,17-19H,3,12H2,1-2H3. The van der Waals surface area contributed by atoms with E-state index in [4.69, 9.17) is 4.74 Å². The van der Waals surface area contributed by atoms with Gasteiger partial charge in [0.05, 0.1) is 13.2 Å². The first-order valence-electron chi connectivity index (χ1n) is 6.88. The maximum Gasteiger partial charge on any atom is 0.118 e. The number of ether oxygens (including phenoxy) is 1. The molecule has 0 aromatic heterocycles. The van der Waals surface area contributed by atoms with Gasteiger partial charge in [-0.15, -0.1) is 0 Å². The van der Waals surface area contributed by atoms with E-state index in [1.54, 1.807) is 7.11 Å². The molecule has 1 unspecified atom stereocenters. The lowest BCUT2D eigenvalue weighted by molar-refractivity contribution is 0.174. The monoisotopic (exact) mass is 271 g/mol. The van der Waals surface area contributed by atoms with E-state index in [0.717, 1.165) is 23.5 Å². The van der Waals surface area contributed by atoms with Crippen molar-refractivity contribution in [1.29, 1.82) is 0 Å². The summed E-state index contributed by atoms with van der Waals surface area (Å²) >= 11 is 0. The molecule has 0 bridgehead atoms. The average Bonchev–Trinajstić information content (AvgIpc) is 2.53. The third-order valence-corrected chi connectivity index (χ3v) is 3.35. The van der Waals surface area contributed by atoms with Crippen molar-refractivity contribution in [3.63, 3.8) is 0 Å². The van der Waals surface area contributed by atoms with Crippen molar-refractivity contribution in [2.24, 2.45) is 0 Å². The summed E-state index contributed by atoms with van der Waals surface area (Å²) in [6, 6.07) is 15.8. The van der Waals surface area contributed by atoms with Crippen LogP contribution in [0, 0.1) is 0 Å². The van der Waals surface area contributed by atoms with Crippen molar-refractivity contribution in [3.05, 3.63) is 59.7 Å². The topological polar surface area (TPSA) is 41.5 Å². The van der Waals surface area contributed by atoms with Crippen LogP contribution in [0.3, 0.4) is 0 Å². The number of hydrogen-bond acceptors (Lipinski definition) is 3. The highest BCUT2D eigenvalue weighted by atomic mass is 16.5. The van der Waals surface area contributed by atoms with Gasteiger partial charge in [0.15, 0.2) is 0 Å². The van der Waals surface area contributed by atoms with Crippen molar-refractivity contribution in [2.75, 3.05) is 12.4 Å². The van der Waals surface area contributed by atoms with Crippen LogP contribution in [0.1, 0.15) is 30.6 Å². The Bertz CT molecular complexity index is 537. The van der Waals surface area contributed by atoms with E-state index in [9.17, 15) is 5.11 Å². The number of para-hydroxylation sites is 1. The summed E-state index contributed by atoms with van der Waals surface area (Å²) in [6.45, 7) is 2.70. The molecule has 0 aliphatic carbocycles. The zero-order valence-electron chi connectivity index (χ0n) is 12.0.